The second-order valence-corrected chi connectivity index (χ2v) is 4.96. The fourth-order valence-corrected chi connectivity index (χ4v) is 2.43. The molecule has 0 aliphatic carbocycles. The van der Waals surface area contributed by atoms with E-state index in [0.717, 1.165) is 22.4 Å². The van der Waals surface area contributed by atoms with E-state index >= 15 is 0 Å². The minimum atomic E-state index is 0.0976. The van der Waals surface area contributed by atoms with Crippen LogP contribution in [-0.4, -0.2) is 25.4 Å². The van der Waals surface area contributed by atoms with E-state index in [2.05, 4.69) is 26.2 Å². The summed E-state index contributed by atoms with van der Waals surface area (Å²) in [5.41, 5.74) is 8.34. The van der Waals surface area contributed by atoms with E-state index in [1.807, 2.05) is 41.4 Å². The zero-order valence-electron chi connectivity index (χ0n) is 10.8. The lowest BCUT2D eigenvalue weighted by Gasteiger charge is -2.10. The van der Waals surface area contributed by atoms with Crippen LogP contribution in [0.4, 0.5) is 0 Å². The fourth-order valence-electron chi connectivity index (χ4n) is 2.02. The normalized spacial score (nSPS) is 12.1. The Kier molecular flexibility index (Phi) is 3.94. The van der Waals surface area contributed by atoms with E-state index in [9.17, 15) is 0 Å². The molecule has 3 N–H and O–H groups in total. The second-order valence-electron chi connectivity index (χ2n) is 4.17. The lowest BCUT2D eigenvalue weighted by atomic mass is 10.3. The first kappa shape index (κ1) is 13.7. The van der Waals surface area contributed by atoms with Crippen molar-refractivity contribution in [2.75, 3.05) is 0 Å². The van der Waals surface area contributed by atoms with Gasteiger partial charge in [-0.25, -0.2) is 0 Å². The summed E-state index contributed by atoms with van der Waals surface area (Å²) in [5, 5.41) is 16.3. The number of amidine groups is 1. The van der Waals surface area contributed by atoms with Crippen molar-refractivity contribution in [3.05, 3.63) is 39.9 Å². The average Bonchev–Trinajstić information content (AvgIpc) is 2.98. The number of halogens is 1. The molecular weight excluding hydrogens is 310 g/mol. The van der Waals surface area contributed by atoms with Crippen molar-refractivity contribution in [1.29, 1.82) is 0 Å². The molecule has 6 nitrogen and oxygen atoms in total. The predicted octanol–water partition coefficient (Wildman–Crippen LogP) is 1.92. The summed E-state index contributed by atoms with van der Waals surface area (Å²) in [6.07, 6.45) is 1.89. The van der Waals surface area contributed by atoms with Gasteiger partial charge in [-0.05, 0) is 41.9 Å². The van der Waals surface area contributed by atoms with Gasteiger partial charge in [0.1, 0.15) is 0 Å². The fraction of sp³-hybridized carbons (Fsp3) is 0.333. The highest BCUT2D eigenvalue weighted by Gasteiger charge is 2.14. The third kappa shape index (κ3) is 2.51. The van der Waals surface area contributed by atoms with Crippen molar-refractivity contribution < 1.29 is 5.21 Å². The van der Waals surface area contributed by atoms with Gasteiger partial charge in [0.05, 0.1) is 28.1 Å². The van der Waals surface area contributed by atoms with Crippen LogP contribution in [0.1, 0.15) is 24.0 Å². The summed E-state index contributed by atoms with van der Waals surface area (Å²) in [7, 11) is 0. The van der Waals surface area contributed by atoms with Gasteiger partial charge >= 0.3 is 0 Å². The minimum Gasteiger partial charge on any atom is -0.409 e. The van der Waals surface area contributed by atoms with Crippen LogP contribution in [-0.2, 0) is 13.1 Å². The van der Waals surface area contributed by atoms with Gasteiger partial charge in [0.15, 0.2) is 5.84 Å². The maximum absolute atomic E-state index is 8.78. The summed E-state index contributed by atoms with van der Waals surface area (Å²) in [6.45, 7) is 5.40. The van der Waals surface area contributed by atoms with Gasteiger partial charge in [-0.1, -0.05) is 5.16 Å². The second kappa shape index (κ2) is 5.48. The molecule has 0 aromatic carbocycles. The molecule has 102 valence electrons. The van der Waals surface area contributed by atoms with E-state index in [0.29, 0.717) is 12.2 Å². The molecule has 0 unspecified atom stereocenters. The Balaban J connectivity index is 2.40. The highest BCUT2D eigenvalue weighted by molar-refractivity contribution is 9.10. The molecule has 0 saturated carbocycles. The first-order valence-corrected chi connectivity index (χ1v) is 6.72. The first-order chi connectivity index (χ1) is 9.08. The monoisotopic (exact) mass is 325 g/mol. The summed E-state index contributed by atoms with van der Waals surface area (Å²) < 4.78 is 4.85. The lowest BCUT2D eigenvalue weighted by Crippen LogP contribution is -2.19. The van der Waals surface area contributed by atoms with Gasteiger partial charge in [-0.2, -0.15) is 5.10 Å². The Hall–Kier alpha value is -1.76. The van der Waals surface area contributed by atoms with Crippen LogP contribution in [0, 0.1) is 6.92 Å². The lowest BCUT2D eigenvalue weighted by molar-refractivity contribution is 0.318. The molecule has 2 heterocycles. The van der Waals surface area contributed by atoms with Crippen LogP contribution in [0.2, 0.25) is 0 Å². The number of rotatable bonds is 4. The maximum Gasteiger partial charge on any atom is 0.186 e. The molecule has 2 rings (SSSR count). The summed E-state index contributed by atoms with van der Waals surface area (Å²) >= 11 is 3.56. The number of nitrogens with two attached hydrogens (primary N) is 1. The standard InChI is InChI=1S/C12H16BrN5O/c1-3-18-10(11(13)8(2)15-18)7-17-6-4-5-9(17)12(14)16-19/h4-6,19H,3,7H2,1-2H3,(H2,14,16). The average molecular weight is 326 g/mol. The molecule has 0 aliphatic rings. The number of hydrogen-bond acceptors (Lipinski definition) is 3. The largest absolute Gasteiger partial charge is 0.409 e. The third-order valence-corrected chi connectivity index (χ3v) is 4.00. The number of hydrogen-bond donors (Lipinski definition) is 2. The van der Waals surface area contributed by atoms with Crippen molar-refractivity contribution in [2.24, 2.45) is 10.9 Å². The van der Waals surface area contributed by atoms with E-state index < -0.39 is 0 Å². The molecule has 0 fully saturated rings. The molecule has 0 amide bonds. The highest BCUT2D eigenvalue weighted by atomic mass is 79.9. The molecule has 19 heavy (non-hydrogen) atoms. The molecular formula is C12H16BrN5O. The van der Waals surface area contributed by atoms with E-state index in [4.69, 9.17) is 10.9 Å². The van der Waals surface area contributed by atoms with Gasteiger partial charge in [0.25, 0.3) is 0 Å². The van der Waals surface area contributed by atoms with Gasteiger partial charge in [-0.15, -0.1) is 0 Å². The highest BCUT2D eigenvalue weighted by Crippen LogP contribution is 2.22. The molecule has 0 spiro atoms. The van der Waals surface area contributed by atoms with Crippen LogP contribution in [0.25, 0.3) is 0 Å². The number of aryl methyl sites for hydroxylation is 2. The maximum atomic E-state index is 8.78. The first-order valence-electron chi connectivity index (χ1n) is 5.93. The predicted molar refractivity (Wildman–Crippen MR) is 76.4 cm³/mol. The van der Waals surface area contributed by atoms with Crippen molar-refractivity contribution in [3.63, 3.8) is 0 Å². The van der Waals surface area contributed by atoms with Gasteiger partial charge in [0.2, 0.25) is 0 Å². The zero-order chi connectivity index (χ0) is 14.0. The van der Waals surface area contributed by atoms with Crippen LogP contribution >= 0.6 is 15.9 Å². The van der Waals surface area contributed by atoms with Gasteiger partial charge < -0.3 is 15.5 Å². The van der Waals surface area contributed by atoms with Gasteiger partial charge in [0, 0.05) is 12.7 Å². The van der Waals surface area contributed by atoms with Gasteiger partial charge in [-0.3, -0.25) is 4.68 Å². The summed E-state index contributed by atoms with van der Waals surface area (Å²) in [4.78, 5) is 0. The van der Waals surface area contributed by atoms with Crippen LogP contribution in [0.15, 0.2) is 28.0 Å². The van der Waals surface area contributed by atoms with Crippen molar-refractivity contribution >= 4 is 21.8 Å². The Morgan fingerprint density at radius 3 is 2.95 bits per heavy atom. The Bertz CT molecular complexity index is 614. The van der Waals surface area contributed by atoms with Crippen molar-refractivity contribution in [3.8, 4) is 0 Å². The molecule has 0 bridgehead atoms. The van der Waals surface area contributed by atoms with E-state index in [1.165, 1.54) is 0 Å². The number of aromatic nitrogens is 3. The van der Waals surface area contributed by atoms with Crippen molar-refractivity contribution in [2.45, 2.75) is 26.9 Å². The third-order valence-electron chi connectivity index (χ3n) is 2.97. The Labute approximate surface area is 119 Å². The quantitative estimate of drug-likeness (QED) is 0.390. The molecule has 0 saturated heterocycles. The minimum absolute atomic E-state index is 0.0976. The number of nitrogens with zero attached hydrogens (tertiary/aromatic N) is 4. The topological polar surface area (TPSA) is 81.4 Å². The van der Waals surface area contributed by atoms with Crippen LogP contribution < -0.4 is 5.73 Å². The molecule has 7 heteroatoms. The Morgan fingerprint density at radius 2 is 2.32 bits per heavy atom. The van der Waals surface area contributed by atoms with Crippen LogP contribution in [0.3, 0.4) is 0 Å². The molecule has 0 aliphatic heterocycles. The molecule has 2 aromatic heterocycles. The summed E-state index contributed by atoms with van der Waals surface area (Å²) in [6, 6.07) is 3.67. The molecule has 2 aromatic rings. The smallest absolute Gasteiger partial charge is 0.186 e. The van der Waals surface area contributed by atoms with Crippen molar-refractivity contribution in [1.82, 2.24) is 14.3 Å². The number of oxime groups is 1. The Morgan fingerprint density at radius 1 is 1.58 bits per heavy atom. The molecule has 0 radical (unpaired) electrons. The SMILES string of the molecule is CCn1nc(C)c(Br)c1Cn1cccc1/C(N)=N/O. The zero-order valence-corrected chi connectivity index (χ0v) is 12.4. The van der Waals surface area contributed by atoms with Crippen LogP contribution in [0.5, 0.6) is 0 Å². The van der Waals surface area contributed by atoms with E-state index in [1.54, 1.807) is 0 Å². The molecule has 0 atom stereocenters. The van der Waals surface area contributed by atoms with E-state index in [-0.39, 0.29) is 5.84 Å². The summed E-state index contributed by atoms with van der Waals surface area (Å²) in [5.74, 6) is 0.0976.